The van der Waals surface area contributed by atoms with Crippen molar-refractivity contribution in [3.8, 4) is 0 Å². The lowest BCUT2D eigenvalue weighted by atomic mass is 10.1. The normalized spacial score (nSPS) is 11.3. The summed E-state index contributed by atoms with van der Waals surface area (Å²) >= 11 is 0. The van der Waals surface area contributed by atoms with E-state index in [0.29, 0.717) is 0 Å². The molecule has 0 saturated heterocycles. The highest BCUT2D eigenvalue weighted by molar-refractivity contribution is 4.95. The fourth-order valence-electron chi connectivity index (χ4n) is 0.983. The molecule has 0 atom stereocenters. The maximum Gasteiger partial charge on any atom is 0.0286 e. The van der Waals surface area contributed by atoms with Crippen LogP contribution in [0.2, 0.25) is 0 Å². The molecule has 0 fully saturated rings. The van der Waals surface area contributed by atoms with E-state index in [4.69, 9.17) is 0 Å². The summed E-state index contributed by atoms with van der Waals surface area (Å²) in [5.41, 5.74) is 1.34. The summed E-state index contributed by atoms with van der Waals surface area (Å²) in [6, 6.07) is 0. The Hall–Kier alpha value is -0.460. The van der Waals surface area contributed by atoms with Gasteiger partial charge in [-0.1, -0.05) is 19.9 Å². The Bertz CT molecular complexity index is 119. The molecule has 1 nitrogen and oxygen atoms in total. The first-order valence-electron chi connectivity index (χ1n) is 4.41. The molecule has 0 aliphatic heterocycles. The molecule has 0 aliphatic carbocycles. The summed E-state index contributed by atoms with van der Waals surface area (Å²) in [6.07, 6.45) is 3.58. The Kier molecular flexibility index (Phi) is 4.24. The van der Waals surface area contributed by atoms with Gasteiger partial charge in [-0.15, -0.1) is 0 Å². The van der Waals surface area contributed by atoms with E-state index in [0.717, 1.165) is 6.42 Å². The second-order valence-electron chi connectivity index (χ2n) is 4.08. The molecule has 0 saturated carbocycles. The van der Waals surface area contributed by atoms with Gasteiger partial charge in [0.15, 0.2) is 0 Å². The van der Waals surface area contributed by atoms with Crippen LogP contribution in [0.3, 0.4) is 0 Å². The highest BCUT2D eigenvalue weighted by atomic mass is 15.0. The average Bonchev–Trinajstić information content (AvgIpc) is 1.79. The molecule has 0 aromatic heterocycles. The Morgan fingerprint density at radius 3 is 2.27 bits per heavy atom. The molecule has 0 heterocycles. The maximum atomic E-state index is 3.97. The van der Waals surface area contributed by atoms with Crippen LogP contribution in [0.15, 0.2) is 12.3 Å². The van der Waals surface area contributed by atoms with Crippen molar-refractivity contribution in [1.82, 2.24) is 5.32 Å². The molecule has 0 rings (SSSR count). The van der Waals surface area contributed by atoms with Gasteiger partial charge in [-0.3, -0.25) is 0 Å². The number of nitrogens with one attached hydrogen (secondary N) is 1. The maximum absolute atomic E-state index is 3.97. The van der Waals surface area contributed by atoms with Crippen LogP contribution in [0.1, 0.15) is 47.0 Å². The van der Waals surface area contributed by atoms with Crippen molar-refractivity contribution in [2.75, 3.05) is 0 Å². The lowest BCUT2D eigenvalue weighted by Gasteiger charge is -2.23. The highest BCUT2D eigenvalue weighted by Crippen LogP contribution is 2.07. The van der Waals surface area contributed by atoms with Gasteiger partial charge in [0.1, 0.15) is 0 Å². The number of rotatable bonds is 4. The molecule has 0 aromatic carbocycles. The second kappa shape index (κ2) is 4.42. The number of allylic oxidation sites excluding steroid dienone is 1. The standard InChI is InChI=1S/C10H21N/c1-6-7-8-9(2)11-10(3,4)5/h11H,2,6-8H2,1,3-5H3. The van der Waals surface area contributed by atoms with Crippen LogP contribution in [0.4, 0.5) is 0 Å². The van der Waals surface area contributed by atoms with Crippen LogP contribution in [0, 0.1) is 0 Å². The van der Waals surface area contributed by atoms with Gasteiger partial charge < -0.3 is 5.32 Å². The fraction of sp³-hybridized carbons (Fsp3) is 0.800. The predicted octanol–water partition coefficient (Wildman–Crippen LogP) is 3.08. The van der Waals surface area contributed by atoms with Gasteiger partial charge in [-0.25, -0.2) is 0 Å². The zero-order valence-corrected chi connectivity index (χ0v) is 8.33. The van der Waals surface area contributed by atoms with Crippen LogP contribution >= 0.6 is 0 Å². The van der Waals surface area contributed by atoms with E-state index in [-0.39, 0.29) is 5.54 Å². The fourth-order valence-corrected chi connectivity index (χ4v) is 0.983. The monoisotopic (exact) mass is 155 g/mol. The third kappa shape index (κ3) is 7.44. The molecule has 0 aliphatic rings. The van der Waals surface area contributed by atoms with E-state index in [1.807, 2.05) is 0 Å². The van der Waals surface area contributed by atoms with E-state index in [9.17, 15) is 0 Å². The lowest BCUT2D eigenvalue weighted by Crippen LogP contribution is -2.34. The average molecular weight is 155 g/mol. The third-order valence-electron chi connectivity index (χ3n) is 1.38. The van der Waals surface area contributed by atoms with E-state index >= 15 is 0 Å². The highest BCUT2D eigenvalue weighted by Gasteiger charge is 2.08. The Morgan fingerprint density at radius 1 is 1.36 bits per heavy atom. The molecule has 0 amide bonds. The van der Waals surface area contributed by atoms with Crippen LogP contribution in [0.5, 0.6) is 0 Å². The van der Waals surface area contributed by atoms with Gasteiger partial charge >= 0.3 is 0 Å². The second-order valence-corrected chi connectivity index (χ2v) is 4.08. The van der Waals surface area contributed by atoms with Gasteiger partial charge in [0.2, 0.25) is 0 Å². The van der Waals surface area contributed by atoms with Gasteiger partial charge in [0, 0.05) is 11.2 Å². The van der Waals surface area contributed by atoms with E-state index in [2.05, 4.69) is 39.6 Å². The minimum absolute atomic E-state index is 0.171. The van der Waals surface area contributed by atoms with Gasteiger partial charge in [0.05, 0.1) is 0 Å². The lowest BCUT2D eigenvalue weighted by molar-refractivity contribution is 0.461. The first-order valence-corrected chi connectivity index (χ1v) is 4.41. The molecular weight excluding hydrogens is 134 g/mol. The van der Waals surface area contributed by atoms with E-state index in [1.165, 1.54) is 18.5 Å². The predicted molar refractivity (Wildman–Crippen MR) is 51.6 cm³/mol. The van der Waals surface area contributed by atoms with Crippen LogP contribution < -0.4 is 5.32 Å². The quantitative estimate of drug-likeness (QED) is 0.658. The van der Waals surface area contributed by atoms with Gasteiger partial charge in [-0.05, 0) is 33.6 Å². The summed E-state index contributed by atoms with van der Waals surface area (Å²) in [7, 11) is 0. The summed E-state index contributed by atoms with van der Waals surface area (Å²) in [6.45, 7) is 12.6. The number of hydrogen-bond donors (Lipinski definition) is 1. The zero-order chi connectivity index (χ0) is 8.91. The molecule has 11 heavy (non-hydrogen) atoms. The Labute approximate surface area is 70.9 Å². The molecule has 0 radical (unpaired) electrons. The molecule has 0 spiro atoms. The van der Waals surface area contributed by atoms with Crippen LogP contribution in [-0.4, -0.2) is 5.54 Å². The zero-order valence-electron chi connectivity index (χ0n) is 8.33. The van der Waals surface area contributed by atoms with Crippen molar-refractivity contribution < 1.29 is 0 Å². The van der Waals surface area contributed by atoms with Gasteiger partial charge in [-0.2, -0.15) is 0 Å². The topological polar surface area (TPSA) is 12.0 Å². The Morgan fingerprint density at radius 2 is 1.91 bits per heavy atom. The van der Waals surface area contributed by atoms with Gasteiger partial charge in [0.25, 0.3) is 0 Å². The first kappa shape index (κ1) is 10.5. The molecule has 0 bridgehead atoms. The van der Waals surface area contributed by atoms with E-state index in [1.54, 1.807) is 0 Å². The third-order valence-corrected chi connectivity index (χ3v) is 1.38. The molecular formula is C10H21N. The summed E-state index contributed by atoms with van der Waals surface area (Å²) in [4.78, 5) is 0. The number of hydrogen-bond acceptors (Lipinski definition) is 1. The molecule has 66 valence electrons. The number of unbranched alkanes of at least 4 members (excludes halogenated alkanes) is 1. The van der Waals surface area contributed by atoms with Crippen molar-refractivity contribution in [2.24, 2.45) is 0 Å². The molecule has 1 N–H and O–H groups in total. The van der Waals surface area contributed by atoms with Crippen molar-refractivity contribution >= 4 is 0 Å². The van der Waals surface area contributed by atoms with Crippen LogP contribution in [0.25, 0.3) is 0 Å². The summed E-state index contributed by atoms with van der Waals surface area (Å²) < 4.78 is 0. The van der Waals surface area contributed by atoms with Crippen molar-refractivity contribution in [3.05, 3.63) is 12.3 Å². The summed E-state index contributed by atoms with van der Waals surface area (Å²) in [5.74, 6) is 0. The molecule has 1 heteroatoms. The van der Waals surface area contributed by atoms with Crippen LogP contribution in [-0.2, 0) is 0 Å². The molecule has 0 aromatic rings. The van der Waals surface area contributed by atoms with Crippen molar-refractivity contribution in [2.45, 2.75) is 52.5 Å². The minimum atomic E-state index is 0.171. The van der Waals surface area contributed by atoms with E-state index < -0.39 is 0 Å². The smallest absolute Gasteiger partial charge is 0.0286 e. The summed E-state index contributed by atoms with van der Waals surface area (Å²) in [5, 5.41) is 3.36. The van der Waals surface area contributed by atoms with Crippen molar-refractivity contribution in [1.29, 1.82) is 0 Å². The molecule has 0 unspecified atom stereocenters. The Balaban J connectivity index is 3.53. The van der Waals surface area contributed by atoms with Crippen molar-refractivity contribution in [3.63, 3.8) is 0 Å². The SMILES string of the molecule is C=C(CCCC)NC(C)(C)C. The largest absolute Gasteiger partial charge is 0.384 e. The first-order chi connectivity index (χ1) is 4.95. The minimum Gasteiger partial charge on any atom is -0.384 e.